The fraction of sp³-hybridized carbons (Fsp3) is 0.133. The zero-order chi connectivity index (χ0) is 16.2. The molecule has 0 saturated carbocycles. The Kier molecular flexibility index (Phi) is 4.52. The van der Waals surface area contributed by atoms with Crippen molar-refractivity contribution in [1.29, 1.82) is 0 Å². The van der Waals surface area contributed by atoms with E-state index in [0.717, 1.165) is 0 Å². The van der Waals surface area contributed by atoms with Crippen LogP contribution in [0.1, 0.15) is 0 Å². The third-order valence-corrected chi connectivity index (χ3v) is 3.78. The predicted molar refractivity (Wildman–Crippen MR) is 84.5 cm³/mol. The molecule has 5 nitrogen and oxygen atoms in total. The summed E-state index contributed by atoms with van der Waals surface area (Å²) in [7, 11) is 0. The van der Waals surface area contributed by atoms with Gasteiger partial charge in [0.15, 0.2) is 5.16 Å². The van der Waals surface area contributed by atoms with Crippen LogP contribution in [0, 0.1) is 0 Å². The first kappa shape index (κ1) is 15.4. The van der Waals surface area contributed by atoms with Gasteiger partial charge in [-0.15, -0.1) is 0 Å². The van der Waals surface area contributed by atoms with E-state index in [0.29, 0.717) is 28.5 Å². The average molecular weight is 334 g/mol. The summed E-state index contributed by atoms with van der Waals surface area (Å²) in [5.41, 5.74) is 1.81. The minimum absolute atomic E-state index is 0.0993. The maximum absolute atomic E-state index is 12.7. The summed E-state index contributed by atoms with van der Waals surface area (Å²) >= 11 is 0.328. The number of carbonyl (C=O) groups excluding carboxylic acids is 1. The molecule has 0 aliphatic carbocycles. The molecule has 3 aromatic rings. The van der Waals surface area contributed by atoms with Crippen molar-refractivity contribution in [3.63, 3.8) is 0 Å². The Hall–Kier alpha value is -2.48. The second-order valence-corrected chi connectivity index (χ2v) is 5.59. The summed E-state index contributed by atoms with van der Waals surface area (Å²) < 4.78 is 26.9. The van der Waals surface area contributed by atoms with Gasteiger partial charge in [-0.2, -0.15) is 8.78 Å². The van der Waals surface area contributed by atoms with Crippen LogP contribution in [0.5, 0.6) is 0 Å². The summed E-state index contributed by atoms with van der Waals surface area (Å²) in [6, 6.07) is 10.3. The molecule has 1 aromatic carbocycles. The van der Waals surface area contributed by atoms with Crippen molar-refractivity contribution in [3.05, 3.63) is 48.8 Å². The van der Waals surface area contributed by atoms with Gasteiger partial charge in [-0.05, 0) is 36.0 Å². The van der Waals surface area contributed by atoms with Crippen LogP contribution in [0.15, 0.2) is 53.9 Å². The van der Waals surface area contributed by atoms with Crippen LogP contribution in [0.25, 0.3) is 11.0 Å². The van der Waals surface area contributed by atoms with E-state index in [-0.39, 0.29) is 17.6 Å². The molecule has 2 heterocycles. The van der Waals surface area contributed by atoms with Crippen molar-refractivity contribution >= 4 is 34.4 Å². The Bertz CT molecular complexity index is 823. The zero-order valence-corrected chi connectivity index (χ0v) is 12.6. The highest BCUT2D eigenvalue weighted by Crippen LogP contribution is 2.28. The molecule has 1 N–H and O–H groups in total. The van der Waals surface area contributed by atoms with Gasteiger partial charge in [0, 0.05) is 18.1 Å². The molecule has 0 atom stereocenters. The first-order chi connectivity index (χ1) is 11.1. The van der Waals surface area contributed by atoms with Crippen LogP contribution >= 0.6 is 11.8 Å². The SMILES string of the molecule is O=C(Cn1c(SC(F)F)nc2ccccc21)Nc1ccncc1. The molecule has 0 aliphatic rings. The number of pyridine rings is 1. The molecule has 0 bridgehead atoms. The van der Waals surface area contributed by atoms with E-state index in [9.17, 15) is 13.6 Å². The number of carbonyl (C=O) groups is 1. The van der Waals surface area contributed by atoms with Crippen molar-refractivity contribution in [2.75, 3.05) is 5.32 Å². The van der Waals surface area contributed by atoms with Gasteiger partial charge in [0.05, 0.1) is 11.0 Å². The number of nitrogens with zero attached hydrogens (tertiary/aromatic N) is 3. The van der Waals surface area contributed by atoms with Gasteiger partial charge in [0.2, 0.25) is 5.91 Å². The van der Waals surface area contributed by atoms with E-state index < -0.39 is 5.76 Å². The Morgan fingerprint density at radius 2 is 1.96 bits per heavy atom. The van der Waals surface area contributed by atoms with E-state index >= 15 is 0 Å². The number of halogens is 2. The van der Waals surface area contributed by atoms with Crippen molar-refractivity contribution in [3.8, 4) is 0 Å². The van der Waals surface area contributed by atoms with Crippen LogP contribution in [0.4, 0.5) is 14.5 Å². The number of thioether (sulfide) groups is 1. The van der Waals surface area contributed by atoms with Gasteiger partial charge in [0.1, 0.15) is 6.54 Å². The molecule has 3 rings (SSSR count). The summed E-state index contributed by atoms with van der Waals surface area (Å²) in [5.74, 6) is -2.93. The van der Waals surface area contributed by atoms with Crippen molar-refractivity contribution in [2.45, 2.75) is 17.5 Å². The fourth-order valence-corrected chi connectivity index (χ4v) is 2.76. The van der Waals surface area contributed by atoms with E-state index in [4.69, 9.17) is 0 Å². The standard InChI is InChI=1S/C15H12F2N4OS/c16-14(17)23-15-20-11-3-1-2-4-12(11)21(15)9-13(22)19-10-5-7-18-8-6-10/h1-8,14H,9H2,(H,18,19,22). The zero-order valence-electron chi connectivity index (χ0n) is 11.8. The summed E-state index contributed by atoms with van der Waals surface area (Å²) in [5, 5.41) is 2.82. The number of hydrogen-bond acceptors (Lipinski definition) is 4. The summed E-state index contributed by atoms with van der Waals surface area (Å²) in [4.78, 5) is 20.2. The summed E-state index contributed by atoms with van der Waals surface area (Å²) in [6.45, 7) is -0.0993. The molecule has 0 fully saturated rings. The number of hydrogen-bond donors (Lipinski definition) is 1. The number of benzene rings is 1. The number of alkyl halides is 2. The molecular formula is C15H12F2N4OS. The molecule has 118 valence electrons. The first-order valence-corrected chi connectivity index (χ1v) is 7.61. The minimum atomic E-state index is -2.60. The largest absolute Gasteiger partial charge is 0.324 e. The minimum Gasteiger partial charge on any atom is -0.324 e. The molecule has 1 amide bonds. The number of nitrogens with one attached hydrogen (secondary N) is 1. The molecule has 0 aliphatic heterocycles. The smallest absolute Gasteiger partial charge is 0.291 e. The fourth-order valence-electron chi connectivity index (χ4n) is 2.16. The predicted octanol–water partition coefficient (Wildman–Crippen LogP) is 3.38. The molecule has 0 spiro atoms. The van der Waals surface area contributed by atoms with Crippen LogP contribution in [-0.2, 0) is 11.3 Å². The number of imidazole rings is 1. The highest BCUT2D eigenvalue weighted by molar-refractivity contribution is 7.99. The lowest BCUT2D eigenvalue weighted by atomic mass is 10.3. The lowest BCUT2D eigenvalue weighted by molar-refractivity contribution is -0.116. The lowest BCUT2D eigenvalue weighted by Gasteiger charge is -2.09. The number of aromatic nitrogens is 3. The highest BCUT2D eigenvalue weighted by Gasteiger charge is 2.17. The molecule has 0 radical (unpaired) electrons. The number of fused-ring (bicyclic) bond motifs is 1. The van der Waals surface area contributed by atoms with Crippen molar-refractivity contribution in [1.82, 2.24) is 14.5 Å². The third kappa shape index (κ3) is 3.65. The van der Waals surface area contributed by atoms with Gasteiger partial charge in [0.25, 0.3) is 5.76 Å². The topological polar surface area (TPSA) is 59.8 Å². The second kappa shape index (κ2) is 6.74. The van der Waals surface area contributed by atoms with Gasteiger partial charge in [-0.3, -0.25) is 9.78 Å². The maximum Gasteiger partial charge on any atom is 0.291 e. The van der Waals surface area contributed by atoms with E-state index in [2.05, 4.69) is 15.3 Å². The van der Waals surface area contributed by atoms with Crippen LogP contribution in [-0.4, -0.2) is 26.2 Å². The number of para-hydroxylation sites is 2. The highest BCUT2D eigenvalue weighted by atomic mass is 32.2. The van der Waals surface area contributed by atoms with Crippen LogP contribution in [0.2, 0.25) is 0 Å². The molecule has 2 aromatic heterocycles. The number of amides is 1. The molecule has 23 heavy (non-hydrogen) atoms. The van der Waals surface area contributed by atoms with Crippen LogP contribution in [0.3, 0.4) is 0 Å². The molecule has 0 saturated heterocycles. The van der Waals surface area contributed by atoms with Gasteiger partial charge in [-0.1, -0.05) is 12.1 Å². The average Bonchev–Trinajstić information content (AvgIpc) is 2.85. The Morgan fingerprint density at radius 3 is 2.70 bits per heavy atom. The maximum atomic E-state index is 12.7. The van der Waals surface area contributed by atoms with E-state index in [1.807, 2.05) is 0 Å². The van der Waals surface area contributed by atoms with E-state index in [1.165, 1.54) is 4.57 Å². The van der Waals surface area contributed by atoms with Gasteiger partial charge < -0.3 is 9.88 Å². The lowest BCUT2D eigenvalue weighted by Crippen LogP contribution is -2.19. The third-order valence-electron chi connectivity index (χ3n) is 3.08. The Balaban J connectivity index is 1.87. The monoisotopic (exact) mass is 334 g/mol. The van der Waals surface area contributed by atoms with Crippen molar-refractivity contribution in [2.24, 2.45) is 0 Å². The number of rotatable bonds is 5. The van der Waals surface area contributed by atoms with E-state index in [1.54, 1.807) is 48.8 Å². The first-order valence-electron chi connectivity index (χ1n) is 6.73. The quantitative estimate of drug-likeness (QED) is 0.727. The van der Waals surface area contributed by atoms with Gasteiger partial charge in [-0.25, -0.2) is 4.98 Å². The van der Waals surface area contributed by atoms with Gasteiger partial charge >= 0.3 is 0 Å². The molecule has 8 heteroatoms. The molecular weight excluding hydrogens is 322 g/mol. The van der Waals surface area contributed by atoms with Crippen molar-refractivity contribution < 1.29 is 13.6 Å². The Labute approximate surface area is 134 Å². The van der Waals surface area contributed by atoms with Crippen LogP contribution < -0.4 is 5.32 Å². The summed E-state index contributed by atoms with van der Waals surface area (Å²) in [6.07, 6.45) is 3.11. The Morgan fingerprint density at radius 1 is 1.22 bits per heavy atom. The molecule has 0 unspecified atom stereocenters. The second-order valence-electron chi connectivity index (χ2n) is 4.63. The normalized spacial score (nSPS) is 11.1. The number of anilines is 1.